The van der Waals surface area contributed by atoms with Gasteiger partial charge in [0.1, 0.15) is 17.3 Å². The van der Waals surface area contributed by atoms with E-state index < -0.39 is 34.5 Å². The van der Waals surface area contributed by atoms with Crippen LogP contribution in [0, 0.1) is 0 Å². The molecular weight excluding hydrogens is 321 g/mol. The Labute approximate surface area is 126 Å². The average molecular weight is 331 g/mol. The second-order valence-electron chi connectivity index (χ2n) is 4.20. The molecule has 0 saturated heterocycles. The molecule has 0 spiro atoms. The highest BCUT2D eigenvalue weighted by atomic mass is 32.2. The highest BCUT2D eigenvalue weighted by molar-refractivity contribution is 7.78. The second-order valence-corrected chi connectivity index (χ2v) is 5.10. The molecule has 0 fully saturated rings. The van der Waals surface area contributed by atoms with Gasteiger partial charge in [0.25, 0.3) is 0 Å². The van der Waals surface area contributed by atoms with E-state index in [2.05, 4.69) is 9.97 Å². The van der Waals surface area contributed by atoms with Crippen LogP contribution in [-0.4, -0.2) is 25.8 Å². The summed E-state index contributed by atoms with van der Waals surface area (Å²) in [6.45, 7) is 0. The fraction of sp³-hybridized carbons (Fsp3) is 0.231. The molecule has 0 aliphatic carbocycles. The highest BCUT2D eigenvalue weighted by Crippen LogP contribution is 2.33. The van der Waals surface area contributed by atoms with E-state index in [-0.39, 0.29) is 5.69 Å². The van der Waals surface area contributed by atoms with Crippen LogP contribution < -0.4 is 4.74 Å². The van der Waals surface area contributed by atoms with E-state index in [0.717, 1.165) is 6.07 Å². The maximum absolute atomic E-state index is 12.9. The van der Waals surface area contributed by atoms with E-state index in [9.17, 15) is 21.9 Å². The van der Waals surface area contributed by atoms with Gasteiger partial charge in [-0.15, -0.1) is 0 Å². The molecule has 1 heterocycles. The van der Waals surface area contributed by atoms with Gasteiger partial charge < -0.3 is 9.29 Å². The number of methoxy groups -OCH3 is 1. The van der Waals surface area contributed by atoms with Crippen LogP contribution in [0.3, 0.4) is 0 Å². The van der Waals surface area contributed by atoms with Gasteiger partial charge in [-0.05, 0) is 29.3 Å². The molecule has 0 aliphatic heterocycles. The van der Waals surface area contributed by atoms with Crippen LogP contribution in [-0.2, 0) is 23.0 Å². The number of ether oxygens (including phenoxy) is 1. The molecule has 1 unspecified atom stereocenters. The Morgan fingerprint density at radius 3 is 2.55 bits per heavy atom. The van der Waals surface area contributed by atoms with Gasteiger partial charge in [-0.25, -0.2) is 9.97 Å². The molecule has 0 N–H and O–H groups in total. The molecule has 22 heavy (non-hydrogen) atoms. The van der Waals surface area contributed by atoms with Crippen LogP contribution in [0.5, 0.6) is 5.75 Å². The molecule has 1 aromatic carbocycles. The summed E-state index contributed by atoms with van der Waals surface area (Å²) in [6.07, 6.45) is -4.71. The monoisotopic (exact) mass is 331 g/mol. The topological polar surface area (TPSA) is 75.1 Å². The van der Waals surface area contributed by atoms with Crippen molar-refractivity contribution >= 4 is 11.1 Å². The van der Waals surface area contributed by atoms with Gasteiger partial charge in [0.05, 0.1) is 18.6 Å². The first kappa shape index (κ1) is 16.4. The zero-order valence-corrected chi connectivity index (χ0v) is 12.1. The molecule has 2 aromatic rings. The number of halogens is 3. The zero-order chi connectivity index (χ0) is 16.3. The number of hydrogen-bond acceptors (Lipinski definition) is 5. The van der Waals surface area contributed by atoms with Crippen LogP contribution in [0.2, 0.25) is 0 Å². The van der Waals surface area contributed by atoms with E-state index >= 15 is 0 Å². The summed E-state index contributed by atoms with van der Waals surface area (Å²) in [7, 11) is 1.37. The number of hydrogen-bond donors (Lipinski definition) is 0. The molecule has 1 aromatic heterocycles. The molecule has 0 radical (unpaired) electrons. The van der Waals surface area contributed by atoms with Gasteiger partial charge in [0, 0.05) is 5.56 Å². The third-order valence-electron chi connectivity index (χ3n) is 2.69. The smallest absolute Gasteiger partial charge is 0.433 e. The number of nitrogens with zero attached hydrogens (tertiary/aromatic N) is 2. The maximum atomic E-state index is 12.9. The van der Waals surface area contributed by atoms with Crippen molar-refractivity contribution in [1.29, 1.82) is 0 Å². The van der Waals surface area contributed by atoms with Crippen molar-refractivity contribution in [1.82, 2.24) is 9.97 Å². The molecule has 2 rings (SSSR count). The molecule has 9 heteroatoms. The summed E-state index contributed by atoms with van der Waals surface area (Å²) >= 11 is -2.60. The first-order valence-electron chi connectivity index (χ1n) is 5.95. The number of alkyl halides is 3. The molecule has 0 aliphatic rings. The zero-order valence-electron chi connectivity index (χ0n) is 11.3. The Morgan fingerprint density at radius 1 is 1.27 bits per heavy atom. The molecule has 0 bridgehead atoms. The van der Waals surface area contributed by atoms with Gasteiger partial charge in [-0.2, -0.15) is 13.2 Å². The predicted molar refractivity (Wildman–Crippen MR) is 71.6 cm³/mol. The second kappa shape index (κ2) is 6.41. The fourth-order valence-electron chi connectivity index (χ4n) is 1.81. The summed E-state index contributed by atoms with van der Waals surface area (Å²) in [5, 5.41) is 0. The lowest BCUT2D eigenvalue weighted by Crippen LogP contribution is -2.12. The van der Waals surface area contributed by atoms with E-state index in [1.165, 1.54) is 13.2 Å². The van der Waals surface area contributed by atoms with Crippen LogP contribution in [0.25, 0.3) is 11.3 Å². The number of aromatic nitrogens is 2. The number of rotatable bonds is 4. The first-order chi connectivity index (χ1) is 10.3. The van der Waals surface area contributed by atoms with Gasteiger partial charge in [0.2, 0.25) is 0 Å². The minimum absolute atomic E-state index is 0.0553. The third-order valence-corrected chi connectivity index (χ3v) is 3.19. The lowest BCUT2D eigenvalue weighted by Gasteiger charge is -2.13. The standard InChI is InChI=1S/C13H11F3N2O3S/c1-21-10-5-3-2-4-8(10)9-6-11(13(14,15)16)18-12(17-9)7-22(19)20/h2-6H,7H2,1H3,(H,19,20)/p-1. The molecule has 0 amide bonds. The van der Waals surface area contributed by atoms with Crippen molar-refractivity contribution in [2.45, 2.75) is 11.9 Å². The quantitative estimate of drug-likeness (QED) is 0.805. The van der Waals surface area contributed by atoms with Crippen molar-refractivity contribution in [3.63, 3.8) is 0 Å². The van der Waals surface area contributed by atoms with Gasteiger partial charge in [0.15, 0.2) is 0 Å². The average Bonchev–Trinajstić information content (AvgIpc) is 2.45. The first-order valence-corrected chi connectivity index (χ1v) is 7.20. The SMILES string of the molecule is COc1ccccc1-c1cc(C(F)(F)F)nc(CS(=O)[O-])n1. The van der Waals surface area contributed by atoms with Crippen LogP contribution in [0.4, 0.5) is 13.2 Å². The van der Waals surface area contributed by atoms with E-state index in [1.54, 1.807) is 18.2 Å². The van der Waals surface area contributed by atoms with Crippen LogP contribution in [0.15, 0.2) is 30.3 Å². The highest BCUT2D eigenvalue weighted by Gasteiger charge is 2.34. The minimum atomic E-state index is -4.71. The summed E-state index contributed by atoms with van der Waals surface area (Å²) in [5.41, 5.74) is -0.945. The molecule has 118 valence electrons. The summed E-state index contributed by atoms with van der Waals surface area (Å²) in [4.78, 5) is 7.14. The van der Waals surface area contributed by atoms with Crippen molar-refractivity contribution in [2.75, 3.05) is 7.11 Å². The molecular formula is C13H10F3N2O3S-. The largest absolute Gasteiger partial charge is 0.772 e. The summed E-state index contributed by atoms with van der Waals surface area (Å²) < 4.78 is 65.2. The minimum Gasteiger partial charge on any atom is -0.772 e. The lowest BCUT2D eigenvalue weighted by atomic mass is 10.1. The van der Waals surface area contributed by atoms with E-state index in [4.69, 9.17) is 4.74 Å². The lowest BCUT2D eigenvalue weighted by molar-refractivity contribution is -0.141. The Kier molecular flexibility index (Phi) is 4.77. The van der Waals surface area contributed by atoms with Crippen molar-refractivity contribution in [3.8, 4) is 17.0 Å². The molecule has 5 nitrogen and oxygen atoms in total. The van der Waals surface area contributed by atoms with Crippen molar-refractivity contribution in [3.05, 3.63) is 41.9 Å². The van der Waals surface area contributed by atoms with Crippen LogP contribution in [0.1, 0.15) is 11.5 Å². The summed E-state index contributed by atoms with van der Waals surface area (Å²) in [6, 6.07) is 7.12. The summed E-state index contributed by atoms with van der Waals surface area (Å²) in [5.74, 6) is -0.806. The Morgan fingerprint density at radius 2 is 1.95 bits per heavy atom. The Hall–Kier alpha value is -2.00. The van der Waals surface area contributed by atoms with Crippen LogP contribution >= 0.6 is 0 Å². The van der Waals surface area contributed by atoms with Gasteiger partial charge in [-0.3, -0.25) is 4.21 Å². The van der Waals surface area contributed by atoms with Crippen molar-refractivity contribution in [2.24, 2.45) is 0 Å². The van der Waals surface area contributed by atoms with Gasteiger partial charge in [-0.1, -0.05) is 12.1 Å². The predicted octanol–water partition coefficient (Wildman–Crippen LogP) is 2.55. The Bertz CT molecular complexity index is 707. The van der Waals surface area contributed by atoms with E-state index in [0.29, 0.717) is 11.3 Å². The number of benzene rings is 1. The van der Waals surface area contributed by atoms with Crippen molar-refractivity contribution < 1.29 is 26.7 Å². The molecule has 1 atom stereocenters. The maximum Gasteiger partial charge on any atom is 0.433 e. The Balaban J connectivity index is 2.61. The number of para-hydroxylation sites is 1. The fourth-order valence-corrected chi connectivity index (χ4v) is 2.15. The normalized spacial score (nSPS) is 13.0. The molecule has 0 saturated carbocycles. The van der Waals surface area contributed by atoms with E-state index in [1.807, 2.05) is 0 Å². The third kappa shape index (κ3) is 3.80. The van der Waals surface area contributed by atoms with Gasteiger partial charge >= 0.3 is 6.18 Å².